The summed E-state index contributed by atoms with van der Waals surface area (Å²) in [6.07, 6.45) is 11.6. The van der Waals surface area contributed by atoms with E-state index in [4.69, 9.17) is 0 Å². The van der Waals surface area contributed by atoms with Gasteiger partial charge in [-0.1, -0.05) is 35.8 Å². The van der Waals surface area contributed by atoms with E-state index >= 15 is 0 Å². The van der Waals surface area contributed by atoms with Gasteiger partial charge in [-0.05, 0) is 12.5 Å². The van der Waals surface area contributed by atoms with Gasteiger partial charge in [0.1, 0.15) is 0 Å². The highest BCUT2D eigenvalue weighted by Gasteiger charge is 2.09. The zero-order chi connectivity index (χ0) is 6.81. The smallest absolute Gasteiger partial charge is 0.0142 e. The Labute approximate surface area is 60.6 Å². The average molecular weight is 128 g/mol. The fourth-order valence-electron chi connectivity index (χ4n) is 1.24. The van der Waals surface area contributed by atoms with Crippen molar-refractivity contribution in [1.29, 1.82) is 0 Å². The minimum Gasteiger partial charge on any atom is -0.0760 e. The van der Waals surface area contributed by atoms with Crippen LogP contribution in [0.3, 0.4) is 0 Å². The summed E-state index contributed by atoms with van der Waals surface area (Å²) in [6.45, 7) is 0. The molecule has 2 aliphatic rings. The third kappa shape index (κ3) is 0.804. The van der Waals surface area contributed by atoms with Gasteiger partial charge in [0.25, 0.3) is 0 Å². The summed E-state index contributed by atoms with van der Waals surface area (Å²) in [5, 5.41) is 0. The first kappa shape index (κ1) is 5.56. The zero-order valence-electron chi connectivity index (χ0n) is 5.67. The van der Waals surface area contributed by atoms with E-state index in [2.05, 4.69) is 29.7 Å². The molecule has 0 heterocycles. The van der Waals surface area contributed by atoms with Crippen LogP contribution in [-0.2, 0) is 0 Å². The second kappa shape index (κ2) is 2.19. The first-order valence-corrected chi connectivity index (χ1v) is 3.52. The Balaban J connectivity index is 2.50. The van der Waals surface area contributed by atoms with Gasteiger partial charge >= 0.3 is 0 Å². The molecule has 0 saturated heterocycles. The predicted molar refractivity (Wildman–Crippen MR) is 41.5 cm³/mol. The van der Waals surface area contributed by atoms with Gasteiger partial charge < -0.3 is 0 Å². The van der Waals surface area contributed by atoms with Gasteiger partial charge in [0.15, 0.2) is 0 Å². The van der Waals surface area contributed by atoms with Crippen LogP contribution in [0.4, 0.5) is 0 Å². The molecule has 0 saturated carbocycles. The van der Waals surface area contributed by atoms with Gasteiger partial charge in [-0.25, -0.2) is 0 Å². The Morgan fingerprint density at radius 2 is 2.40 bits per heavy atom. The number of rotatable bonds is 0. The lowest BCUT2D eigenvalue weighted by atomic mass is 9.91. The number of hydrogen-bond acceptors (Lipinski definition) is 0. The molecule has 0 amide bonds. The number of allylic oxidation sites excluding steroid dienone is 6. The van der Waals surface area contributed by atoms with Gasteiger partial charge in [0, 0.05) is 11.5 Å². The van der Waals surface area contributed by atoms with Crippen LogP contribution in [0.2, 0.25) is 0 Å². The van der Waals surface area contributed by atoms with Gasteiger partial charge in [-0.15, -0.1) is 0 Å². The van der Waals surface area contributed by atoms with E-state index in [1.54, 1.807) is 0 Å². The normalized spacial score (nSPS) is 26.4. The molecule has 0 heteroatoms. The maximum Gasteiger partial charge on any atom is 0.0142 e. The second-order valence-corrected chi connectivity index (χ2v) is 2.52. The molecule has 0 nitrogen and oxygen atoms in total. The molecule has 1 unspecified atom stereocenters. The van der Waals surface area contributed by atoms with Gasteiger partial charge in [0.05, 0.1) is 0 Å². The topological polar surface area (TPSA) is 0 Å². The monoisotopic (exact) mass is 128 g/mol. The molecule has 0 N–H and O–H groups in total. The van der Waals surface area contributed by atoms with E-state index in [0.717, 1.165) is 6.42 Å². The van der Waals surface area contributed by atoms with Crippen LogP contribution in [0.1, 0.15) is 6.42 Å². The third-order valence-corrected chi connectivity index (χ3v) is 1.82. The van der Waals surface area contributed by atoms with E-state index in [-0.39, 0.29) is 0 Å². The molecule has 0 aromatic carbocycles. The van der Waals surface area contributed by atoms with Crippen LogP contribution < -0.4 is 0 Å². The Bertz CT molecular complexity index is 290. The Hall–Kier alpha value is -1.22. The van der Waals surface area contributed by atoms with E-state index < -0.39 is 0 Å². The van der Waals surface area contributed by atoms with Crippen molar-refractivity contribution in [1.82, 2.24) is 0 Å². The summed E-state index contributed by atoms with van der Waals surface area (Å²) in [4.78, 5) is 0. The number of hydrogen-bond donors (Lipinski definition) is 0. The van der Waals surface area contributed by atoms with Crippen LogP contribution in [-0.4, -0.2) is 0 Å². The lowest BCUT2D eigenvalue weighted by molar-refractivity contribution is 0.786. The molecule has 0 aromatic heterocycles. The standard InChI is InChI=1S/C10H8/c1-2-6-10-8-4-3-7-9(10)5-1/h1-3,5-6,9H,7H2. The Morgan fingerprint density at radius 1 is 1.40 bits per heavy atom. The minimum atomic E-state index is 0.575. The molecule has 0 radical (unpaired) electrons. The van der Waals surface area contributed by atoms with Crippen molar-refractivity contribution in [2.24, 2.45) is 5.92 Å². The summed E-state index contributed by atoms with van der Waals surface area (Å²) < 4.78 is 0. The van der Waals surface area contributed by atoms with Crippen molar-refractivity contribution in [3.63, 3.8) is 0 Å². The van der Waals surface area contributed by atoms with Crippen molar-refractivity contribution in [2.75, 3.05) is 0 Å². The molecular formula is C10H8. The summed E-state index contributed by atoms with van der Waals surface area (Å²) in [5.74, 6) is 0.575. The average Bonchev–Trinajstić information content (AvgIpc) is 2.05. The fraction of sp³-hybridized carbons (Fsp3) is 0.200. The molecule has 0 aliphatic heterocycles. The van der Waals surface area contributed by atoms with E-state index in [1.165, 1.54) is 5.57 Å². The van der Waals surface area contributed by atoms with E-state index in [1.807, 2.05) is 12.2 Å². The number of fused-ring (bicyclic) bond motifs is 1. The van der Waals surface area contributed by atoms with Crippen molar-refractivity contribution >= 4 is 0 Å². The molecule has 48 valence electrons. The molecule has 10 heavy (non-hydrogen) atoms. The van der Waals surface area contributed by atoms with Crippen LogP contribution in [0, 0.1) is 5.92 Å². The van der Waals surface area contributed by atoms with Crippen LogP contribution in [0.5, 0.6) is 0 Å². The van der Waals surface area contributed by atoms with Crippen LogP contribution in [0.25, 0.3) is 0 Å². The molecule has 0 bridgehead atoms. The van der Waals surface area contributed by atoms with E-state index in [9.17, 15) is 0 Å². The van der Waals surface area contributed by atoms with Crippen LogP contribution in [0.15, 0.2) is 47.4 Å². The highest BCUT2D eigenvalue weighted by Crippen LogP contribution is 2.22. The minimum absolute atomic E-state index is 0.575. The summed E-state index contributed by atoms with van der Waals surface area (Å²) in [7, 11) is 0. The summed E-state index contributed by atoms with van der Waals surface area (Å²) in [6, 6.07) is 0. The van der Waals surface area contributed by atoms with Crippen molar-refractivity contribution < 1.29 is 0 Å². The molecule has 2 rings (SSSR count). The first-order valence-electron chi connectivity index (χ1n) is 3.52. The predicted octanol–water partition coefficient (Wildman–Crippen LogP) is 2.37. The van der Waals surface area contributed by atoms with Gasteiger partial charge in [-0.3, -0.25) is 0 Å². The van der Waals surface area contributed by atoms with Crippen molar-refractivity contribution in [2.45, 2.75) is 6.42 Å². The Morgan fingerprint density at radius 3 is 3.30 bits per heavy atom. The molecule has 0 fully saturated rings. The molecule has 2 aliphatic carbocycles. The van der Waals surface area contributed by atoms with Gasteiger partial charge in [0.2, 0.25) is 0 Å². The molecule has 1 atom stereocenters. The lowest BCUT2D eigenvalue weighted by Crippen LogP contribution is -2.00. The first-order chi connectivity index (χ1) is 4.97. The summed E-state index contributed by atoms with van der Waals surface area (Å²) in [5.41, 5.74) is 7.35. The Kier molecular flexibility index (Phi) is 1.22. The zero-order valence-corrected chi connectivity index (χ0v) is 5.67. The van der Waals surface area contributed by atoms with Crippen molar-refractivity contribution in [3.05, 3.63) is 47.4 Å². The highest BCUT2D eigenvalue weighted by atomic mass is 14.1. The molecular weight excluding hydrogens is 120 g/mol. The quantitative estimate of drug-likeness (QED) is 0.439. The SMILES string of the molecule is C1=C=C2C=CC=CC2CC=1. The van der Waals surface area contributed by atoms with Crippen molar-refractivity contribution in [3.8, 4) is 0 Å². The maximum absolute atomic E-state index is 3.09. The lowest BCUT2D eigenvalue weighted by Gasteiger charge is -2.12. The molecule has 0 aromatic rings. The maximum atomic E-state index is 3.09. The second-order valence-electron chi connectivity index (χ2n) is 2.52. The third-order valence-electron chi connectivity index (χ3n) is 1.82. The molecule has 0 spiro atoms. The fourth-order valence-corrected chi connectivity index (χ4v) is 1.24. The van der Waals surface area contributed by atoms with E-state index in [0.29, 0.717) is 5.92 Å². The largest absolute Gasteiger partial charge is 0.0760 e. The van der Waals surface area contributed by atoms with Gasteiger partial charge in [-0.2, -0.15) is 0 Å². The summed E-state index contributed by atoms with van der Waals surface area (Å²) >= 11 is 0. The van der Waals surface area contributed by atoms with Crippen LogP contribution >= 0.6 is 0 Å². The highest BCUT2D eigenvalue weighted by molar-refractivity contribution is 5.34.